The van der Waals surface area contributed by atoms with Crippen molar-refractivity contribution < 1.29 is 15.3 Å². The summed E-state index contributed by atoms with van der Waals surface area (Å²) in [5, 5.41) is 12.8. The number of piperidine rings is 1. The van der Waals surface area contributed by atoms with Crippen molar-refractivity contribution in [3.63, 3.8) is 0 Å². The number of nitrogens with zero attached hydrogens (tertiary/aromatic N) is 3. The third-order valence-electron chi connectivity index (χ3n) is 4.16. The number of ether oxygens (including phenoxy) is 1. The molecular weight excluding hydrogens is 349 g/mol. The zero-order valence-corrected chi connectivity index (χ0v) is 15.7. The van der Waals surface area contributed by atoms with Crippen molar-refractivity contribution in [2.75, 3.05) is 32.1 Å². The molecule has 1 aliphatic rings. The molecule has 0 atom stereocenters. The number of anilines is 1. The summed E-state index contributed by atoms with van der Waals surface area (Å²) >= 11 is 0. The molecule has 1 saturated heterocycles. The lowest BCUT2D eigenvalue weighted by atomic mass is 10.1. The second kappa shape index (κ2) is 10.9. The molecule has 1 aromatic carbocycles. The molecule has 0 spiro atoms. The van der Waals surface area contributed by atoms with Gasteiger partial charge in [0.15, 0.2) is 5.82 Å². The van der Waals surface area contributed by atoms with E-state index in [0.717, 1.165) is 18.9 Å². The molecule has 2 aromatic rings. The van der Waals surface area contributed by atoms with Crippen molar-refractivity contribution in [2.45, 2.75) is 25.8 Å². The minimum absolute atomic E-state index is 0. The maximum Gasteiger partial charge on any atom is 0.314 e. The molecule has 2 heterocycles. The van der Waals surface area contributed by atoms with Crippen LogP contribution < -0.4 is 20.3 Å². The van der Waals surface area contributed by atoms with E-state index in [-0.39, 0.29) is 19.8 Å². The number of methoxy groups -OCH3 is 1. The molecule has 8 heteroatoms. The van der Waals surface area contributed by atoms with Crippen molar-refractivity contribution in [3.8, 4) is 5.75 Å². The minimum Gasteiger partial charge on any atom is -0.497 e. The van der Waals surface area contributed by atoms with Crippen molar-refractivity contribution >= 4 is 11.8 Å². The van der Waals surface area contributed by atoms with Gasteiger partial charge in [-0.1, -0.05) is 0 Å². The molecule has 2 N–H and O–H groups in total. The predicted molar refractivity (Wildman–Crippen MR) is 104 cm³/mol. The number of aromatic nitrogens is 2. The Balaban J connectivity index is 0.000000275. The molecular formula is C19H28FN5O2. The van der Waals surface area contributed by atoms with Crippen LogP contribution in [0.5, 0.6) is 5.75 Å². The lowest BCUT2D eigenvalue weighted by Gasteiger charge is -2.26. The van der Waals surface area contributed by atoms with E-state index < -0.39 is 0 Å². The van der Waals surface area contributed by atoms with Gasteiger partial charge in [0.1, 0.15) is 11.6 Å². The Morgan fingerprint density at radius 2 is 2.07 bits per heavy atom. The van der Waals surface area contributed by atoms with Crippen LogP contribution in [0, 0.1) is 5.82 Å². The molecule has 0 radical (unpaired) electrons. The standard InChI is InChI=1S/C10H13FN2O2.C9H13N3.H2/c1-12-10(14)13-6-7-5-8(15-2)3-4-9(7)11;1-2-7-12(8-3-1)9-5-4-6-10-11-9;/h3-5H,6H2,1-2H3,(H2,12,13,14);4-6H,1-3,7-8H2;1H. The molecule has 27 heavy (non-hydrogen) atoms. The SMILES string of the molecule is CNC(=O)NCc1cc(OC)ccc1F.[HH].c1cnnc(N2CCCCC2)c1. The highest BCUT2D eigenvalue weighted by Gasteiger charge is 2.11. The number of nitrogens with one attached hydrogen (secondary N) is 2. The lowest BCUT2D eigenvalue weighted by molar-refractivity contribution is 0.242. The maximum atomic E-state index is 13.2. The monoisotopic (exact) mass is 377 g/mol. The first-order valence-corrected chi connectivity index (χ1v) is 8.94. The van der Waals surface area contributed by atoms with Gasteiger partial charge in [0.05, 0.1) is 7.11 Å². The molecule has 3 rings (SSSR count). The first-order valence-electron chi connectivity index (χ1n) is 8.94. The van der Waals surface area contributed by atoms with Crippen molar-refractivity contribution in [3.05, 3.63) is 47.9 Å². The second-order valence-electron chi connectivity index (χ2n) is 6.02. The summed E-state index contributed by atoms with van der Waals surface area (Å²) in [5.41, 5.74) is 0.387. The number of hydrogen-bond donors (Lipinski definition) is 2. The quantitative estimate of drug-likeness (QED) is 0.856. The van der Waals surface area contributed by atoms with E-state index in [1.54, 1.807) is 12.3 Å². The fourth-order valence-corrected chi connectivity index (χ4v) is 2.66. The third kappa shape index (κ3) is 6.73. The summed E-state index contributed by atoms with van der Waals surface area (Å²) in [5.74, 6) is 1.22. The van der Waals surface area contributed by atoms with Gasteiger partial charge < -0.3 is 20.3 Å². The van der Waals surface area contributed by atoms with Crippen molar-refractivity contribution in [1.29, 1.82) is 0 Å². The first kappa shape index (κ1) is 20.4. The van der Waals surface area contributed by atoms with Crippen LogP contribution in [-0.2, 0) is 6.54 Å². The van der Waals surface area contributed by atoms with Gasteiger partial charge in [0, 0.05) is 39.9 Å². The molecule has 0 aliphatic carbocycles. The van der Waals surface area contributed by atoms with Crippen LogP contribution in [0.3, 0.4) is 0 Å². The summed E-state index contributed by atoms with van der Waals surface area (Å²) in [6.07, 6.45) is 5.65. The average Bonchev–Trinajstić information content (AvgIpc) is 2.74. The highest BCUT2D eigenvalue weighted by atomic mass is 19.1. The average molecular weight is 377 g/mol. The Labute approximate surface area is 160 Å². The van der Waals surface area contributed by atoms with Gasteiger partial charge in [-0.15, -0.1) is 5.10 Å². The summed E-state index contributed by atoms with van der Waals surface area (Å²) in [6, 6.07) is 8.00. The zero-order chi connectivity index (χ0) is 19.5. The molecule has 1 aliphatic heterocycles. The smallest absolute Gasteiger partial charge is 0.314 e. The first-order chi connectivity index (χ1) is 13.1. The van der Waals surface area contributed by atoms with Gasteiger partial charge in [-0.25, -0.2) is 9.18 Å². The van der Waals surface area contributed by atoms with E-state index in [4.69, 9.17) is 4.74 Å². The largest absolute Gasteiger partial charge is 0.497 e. The maximum absolute atomic E-state index is 13.2. The Kier molecular flexibility index (Phi) is 8.28. The van der Waals surface area contributed by atoms with Gasteiger partial charge in [0.2, 0.25) is 0 Å². The van der Waals surface area contributed by atoms with Crippen LogP contribution in [0.4, 0.5) is 15.0 Å². The molecule has 0 saturated carbocycles. The van der Waals surface area contributed by atoms with E-state index in [9.17, 15) is 9.18 Å². The van der Waals surface area contributed by atoms with Crippen molar-refractivity contribution in [2.24, 2.45) is 0 Å². The number of amides is 2. The zero-order valence-electron chi connectivity index (χ0n) is 15.7. The highest BCUT2D eigenvalue weighted by Crippen LogP contribution is 2.16. The molecule has 7 nitrogen and oxygen atoms in total. The van der Waals surface area contributed by atoms with E-state index in [1.807, 2.05) is 12.1 Å². The summed E-state index contributed by atoms with van der Waals surface area (Å²) in [7, 11) is 3.00. The van der Waals surface area contributed by atoms with E-state index in [0.29, 0.717) is 11.3 Å². The van der Waals surface area contributed by atoms with Crippen LogP contribution in [0.1, 0.15) is 26.3 Å². The predicted octanol–water partition coefficient (Wildman–Crippen LogP) is 2.98. The number of urea groups is 1. The Bertz CT molecular complexity index is 715. The van der Waals surface area contributed by atoms with Gasteiger partial charge >= 0.3 is 6.03 Å². The molecule has 2 amide bonds. The molecule has 0 bridgehead atoms. The number of carbonyl (C=O) groups excluding carboxylic acids is 1. The van der Waals surface area contributed by atoms with E-state index >= 15 is 0 Å². The molecule has 148 valence electrons. The van der Waals surface area contributed by atoms with Crippen LogP contribution in [0.15, 0.2) is 36.5 Å². The topological polar surface area (TPSA) is 79.4 Å². The van der Waals surface area contributed by atoms with Gasteiger partial charge in [0.25, 0.3) is 0 Å². The highest BCUT2D eigenvalue weighted by molar-refractivity contribution is 5.73. The van der Waals surface area contributed by atoms with Gasteiger partial charge in [-0.3, -0.25) is 0 Å². The van der Waals surface area contributed by atoms with Crippen LogP contribution in [0.2, 0.25) is 0 Å². The number of rotatable bonds is 4. The van der Waals surface area contributed by atoms with Crippen molar-refractivity contribution in [1.82, 2.24) is 20.8 Å². The number of halogens is 1. The Morgan fingerprint density at radius 3 is 2.70 bits per heavy atom. The van der Waals surface area contributed by atoms with Gasteiger partial charge in [-0.05, 0) is 49.6 Å². The normalized spacial score (nSPS) is 13.2. The van der Waals surface area contributed by atoms with Crippen LogP contribution in [-0.4, -0.2) is 43.5 Å². The fraction of sp³-hybridized carbons (Fsp3) is 0.421. The summed E-state index contributed by atoms with van der Waals surface area (Å²) in [6.45, 7) is 2.40. The van der Waals surface area contributed by atoms with Crippen LogP contribution >= 0.6 is 0 Å². The summed E-state index contributed by atoms with van der Waals surface area (Å²) in [4.78, 5) is 13.2. The number of benzene rings is 1. The minimum atomic E-state index is -0.368. The third-order valence-corrected chi connectivity index (χ3v) is 4.16. The lowest BCUT2D eigenvalue weighted by Crippen LogP contribution is -2.32. The Morgan fingerprint density at radius 1 is 1.30 bits per heavy atom. The van der Waals surface area contributed by atoms with E-state index in [1.165, 1.54) is 45.6 Å². The van der Waals surface area contributed by atoms with E-state index in [2.05, 4.69) is 25.7 Å². The second-order valence-corrected chi connectivity index (χ2v) is 6.02. The van der Waals surface area contributed by atoms with Crippen LogP contribution in [0.25, 0.3) is 0 Å². The van der Waals surface area contributed by atoms with Gasteiger partial charge in [-0.2, -0.15) is 5.10 Å². The molecule has 1 fully saturated rings. The fourth-order valence-electron chi connectivity index (χ4n) is 2.66. The molecule has 0 unspecified atom stereocenters. The number of hydrogen-bond acceptors (Lipinski definition) is 5. The molecule has 1 aromatic heterocycles. The Hall–Kier alpha value is -2.90. The summed E-state index contributed by atoms with van der Waals surface area (Å²) < 4.78 is 18.2. The number of carbonyl (C=O) groups is 1.